The molecule has 1 N–H and O–H groups in total. The molecule has 0 bridgehead atoms. The van der Waals surface area contributed by atoms with Gasteiger partial charge in [0.05, 0.1) is 5.02 Å². The fourth-order valence-electron chi connectivity index (χ4n) is 2.53. The molecule has 1 aliphatic rings. The highest BCUT2D eigenvalue weighted by Gasteiger charge is 2.19. The summed E-state index contributed by atoms with van der Waals surface area (Å²) >= 11 is 5.94. The predicted molar refractivity (Wildman–Crippen MR) is 90.4 cm³/mol. The first-order valence-corrected chi connectivity index (χ1v) is 9.28. The maximum absolute atomic E-state index is 12.3. The Hall–Kier alpha value is -1.86. The van der Waals surface area contributed by atoms with Gasteiger partial charge in [-0.1, -0.05) is 23.7 Å². The van der Waals surface area contributed by atoms with Gasteiger partial charge in [-0.05, 0) is 43.5 Å². The number of rotatable bonds is 4. The van der Waals surface area contributed by atoms with Crippen LogP contribution in [0.25, 0.3) is 0 Å². The molecule has 1 aliphatic heterocycles. The van der Waals surface area contributed by atoms with Crippen LogP contribution in [0.5, 0.6) is 0 Å². The van der Waals surface area contributed by atoms with Crippen LogP contribution < -0.4 is 9.62 Å². The van der Waals surface area contributed by atoms with Crippen molar-refractivity contribution in [3.8, 4) is 0 Å². The number of anilines is 2. The highest BCUT2D eigenvalue weighted by Crippen LogP contribution is 2.23. The predicted octanol–water partition coefficient (Wildman–Crippen LogP) is 2.92. The van der Waals surface area contributed by atoms with Crippen LogP contribution in [-0.4, -0.2) is 31.7 Å². The molecule has 0 spiro atoms. The first-order valence-electron chi connectivity index (χ1n) is 7.42. The van der Waals surface area contributed by atoms with Gasteiger partial charge < -0.3 is 4.90 Å². The molecule has 2 aromatic rings. The quantitative estimate of drug-likeness (QED) is 0.915. The van der Waals surface area contributed by atoms with Gasteiger partial charge in [0, 0.05) is 13.1 Å². The number of nitrogens with one attached hydrogen (secondary N) is 1. The maximum atomic E-state index is 12.3. The van der Waals surface area contributed by atoms with Crippen LogP contribution in [0.1, 0.15) is 19.3 Å². The molecule has 1 aromatic carbocycles. The molecule has 0 aliphatic carbocycles. The Labute approximate surface area is 140 Å². The van der Waals surface area contributed by atoms with Crippen molar-refractivity contribution in [3.05, 3.63) is 41.4 Å². The molecule has 0 saturated carbocycles. The van der Waals surface area contributed by atoms with E-state index in [9.17, 15) is 8.42 Å². The summed E-state index contributed by atoms with van der Waals surface area (Å²) in [6.45, 7) is 1.92. The lowest BCUT2D eigenvalue weighted by molar-refractivity contribution is 0.571. The summed E-state index contributed by atoms with van der Waals surface area (Å²) in [5.74, 6) is 0.941. The fraction of sp³-hybridized carbons (Fsp3) is 0.333. The minimum Gasteiger partial charge on any atom is -0.355 e. The van der Waals surface area contributed by atoms with E-state index in [1.807, 2.05) is 0 Å². The Morgan fingerprint density at radius 1 is 1.00 bits per heavy atom. The largest absolute Gasteiger partial charge is 0.355 e. The minimum atomic E-state index is -3.78. The van der Waals surface area contributed by atoms with E-state index in [1.54, 1.807) is 24.3 Å². The topological polar surface area (TPSA) is 75.2 Å². The summed E-state index contributed by atoms with van der Waals surface area (Å²) in [7, 11) is -3.78. The van der Waals surface area contributed by atoms with Crippen LogP contribution in [0.4, 0.5) is 11.6 Å². The molecule has 8 heteroatoms. The van der Waals surface area contributed by atoms with Crippen molar-refractivity contribution in [1.29, 1.82) is 0 Å². The molecule has 1 fully saturated rings. The summed E-state index contributed by atoms with van der Waals surface area (Å²) in [6.07, 6.45) is 3.52. The number of aromatic nitrogens is 2. The van der Waals surface area contributed by atoms with Gasteiger partial charge in [-0.3, -0.25) is 4.72 Å². The highest BCUT2D eigenvalue weighted by molar-refractivity contribution is 7.92. The summed E-state index contributed by atoms with van der Waals surface area (Å²) in [5.41, 5.74) is 0. The second-order valence-electron chi connectivity index (χ2n) is 5.36. The van der Waals surface area contributed by atoms with E-state index < -0.39 is 10.0 Å². The summed E-state index contributed by atoms with van der Waals surface area (Å²) in [5, 5.41) is 8.25. The van der Waals surface area contributed by atoms with Crippen LogP contribution in [0, 0.1) is 0 Å². The zero-order valence-electron chi connectivity index (χ0n) is 12.4. The van der Waals surface area contributed by atoms with Gasteiger partial charge in [0.1, 0.15) is 4.90 Å². The van der Waals surface area contributed by atoms with Crippen molar-refractivity contribution in [3.63, 3.8) is 0 Å². The van der Waals surface area contributed by atoms with Crippen molar-refractivity contribution >= 4 is 33.3 Å². The third-order valence-corrected chi connectivity index (χ3v) is 5.55. The number of piperidine rings is 1. The third kappa shape index (κ3) is 3.73. The third-order valence-electron chi connectivity index (χ3n) is 3.70. The summed E-state index contributed by atoms with van der Waals surface area (Å²) < 4.78 is 27.1. The number of halogens is 1. The molecule has 2 heterocycles. The van der Waals surface area contributed by atoms with Crippen LogP contribution >= 0.6 is 11.6 Å². The summed E-state index contributed by atoms with van der Waals surface area (Å²) in [6, 6.07) is 9.66. The van der Waals surface area contributed by atoms with E-state index >= 15 is 0 Å². The van der Waals surface area contributed by atoms with Gasteiger partial charge in [0.15, 0.2) is 11.6 Å². The average molecular weight is 353 g/mol. The van der Waals surface area contributed by atoms with Crippen molar-refractivity contribution < 1.29 is 8.42 Å². The van der Waals surface area contributed by atoms with Gasteiger partial charge in [-0.15, -0.1) is 10.2 Å². The average Bonchev–Trinajstić information content (AvgIpc) is 2.56. The first-order chi connectivity index (χ1) is 11.1. The zero-order valence-corrected chi connectivity index (χ0v) is 14.0. The lowest BCUT2D eigenvalue weighted by Gasteiger charge is -2.27. The number of hydrogen-bond acceptors (Lipinski definition) is 5. The van der Waals surface area contributed by atoms with Crippen molar-refractivity contribution in [2.45, 2.75) is 24.2 Å². The van der Waals surface area contributed by atoms with Crippen LogP contribution in [0.15, 0.2) is 41.3 Å². The Kier molecular flexibility index (Phi) is 4.68. The standard InChI is InChI=1S/C15H17ClN4O2S/c16-12-6-2-3-7-13(12)23(21,22)19-14-8-9-15(18-17-14)20-10-4-1-5-11-20/h2-3,6-9H,1,4-5,10-11H2,(H,17,19). The Morgan fingerprint density at radius 2 is 1.74 bits per heavy atom. The minimum absolute atomic E-state index is 0.0172. The van der Waals surface area contributed by atoms with Gasteiger partial charge >= 0.3 is 0 Å². The molecule has 1 saturated heterocycles. The summed E-state index contributed by atoms with van der Waals surface area (Å²) in [4.78, 5) is 2.17. The monoisotopic (exact) mass is 352 g/mol. The Morgan fingerprint density at radius 3 is 2.39 bits per heavy atom. The SMILES string of the molecule is O=S(=O)(Nc1ccc(N2CCCCC2)nn1)c1ccccc1Cl. The van der Waals surface area contributed by atoms with E-state index in [0.29, 0.717) is 0 Å². The molecule has 3 rings (SSSR count). The number of benzene rings is 1. The van der Waals surface area contributed by atoms with Crippen molar-refractivity contribution in [1.82, 2.24) is 10.2 Å². The Bertz CT molecular complexity index is 774. The second kappa shape index (κ2) is 6.72. The van der Waals surface area contributed by atoms with Gasteiger partial charge in [0.25, 0.3) is 10.0 Å². The molecule has 23 heavy (non-hydrogen) atoms. The molecular weight excluding hydrogens is 336 g/mol. The van der Waals surface area contributed by atoms with E-state index in [0.717, 1.165) is 31.7 Å². The molecule has 1 aromatic heterocycles. The van der Waals surface area contributed by atoms with Crippen LogP contribution in [-0.2, 0) is 10.0 Å². The Balaban J connectivity index is 1.76. The molecule has 6 nitrogen and oxygen atoms in total. The van der Waals surface area contributed by atoms with E-state index in [1.165, 1.54) is 18.6 Å². The van der Waals surface area contributed by atoms with Crippen LogP contribution in [0.2, 0.25) is 5.02 Å². The number of nitrogens with zero attached hydrogens (tertiary/aromatic N) is 3. The van der Waals surface area contributed by atoms with Crippen LogP contribution in [0.3, 0.4) is 0 Å². The number of sulfonamides is 1. The van der Waals surface area contributed by atoms with Gasteiger partial charge in [-0.25, -0.2) is 8.42 Å². The van der Waals surface area contributed by atoms with Gasteiger partial charge in [-0.2, -0.15) is 0 Å². The molecule has 0 unspecified atom stereocenters. The smallest absolute Gasteiger partial charge is 0.264 e. The molecule has 0 atom stereocenters. The zero-order chi connectivity index (χ0) is 16.3. The normalized spacial score (nSPS) is 15.4. The van der Waals surface area contributed by atoms with E-state index in [4.69, 9.17) is 11.6 Å². The van der Waals surface area contributed by atoms with E-state index in [-0.39, 0.29) is 15.7 Å². The molecular formula is C15H17ClN4O2S. The van der Waals surface area contributed by atoms with Crippen molar-refractivity contribution in [2.75, 3.05) is 22.7 Å². The van der Waals surface area contributed by atoms with Gasteiger partial charge in [0.2, 0.25) is 0 Å². The molecule has 122 valence electrons. The lowest BCUT2D eigenvalue weighted by atomic mass is 10.1. The molecule has 0 amide bonds. The molecule has 0 radical (unpaired) electrons. The highest BCUT2D eigenvalue weighted by atomic mass is 35.5. The first kappa shape index (κ1) is 16.0. The maximum Gasteiger partial charge on any atom is 0.264 e. The number of hydrogen-bond donors (Lipinski definition) is 1. The second-order valence-corrected chi connectivity index (χ2v) is 7.42. The fourth-order valence-corrected chi connectivity index (χ4v) is 4.04. The van der Waals surface area contributed by atoms with E-state index in [2.05, 4.69) is 19.8 Å². The van der Waals surface area contributed by atoms with Crippen molar-refractivity contribution in [2.24, 2.45) is 0 Å². The lowest BCUT2D eigenvalue weighted by Crippen LogP contribution is -2.30.